The third-order valence-corrected chi connectivity index (χ3v) is 1.12. The van der Waals surface area contributed by atoms with Crippen LogP contribution in [0.1, 0.15) is 6.92 Å². The fourth-order valence-electron chi connectivity index (χ4n) is 0.381. The highest BCUT2D eigenvalue weighted by molar-refractivity contribution is 7.98. The Morgan fingerprint density at radius 2 is 2.40 bits per heavy atom. The molecule has 10 heavy (non-hydrogen) atoms. The normalized spacial score (nSPS) is 12.4. The van der Waals surface area contributed by atoms with Crippen molar-refractivity contribution in [2.24, 2.45) is 15.2 Å². The molecule has 0 heterocycles. The molecule has 0 aliphatic heterocycles. The predicted octanol–water partition coefficient (Wildman–Crippen LogP) is 1.45. The van der Waals surface area contributed by atoms with E-state index in [-0.39, 0.29) is 0 Å². The minimum Gasteiger partial charge on any atom is -0.280 e. The van der Waals surface area contributed by atoms with Crippen LogP contribution in [-0.2, 0) is 0 Å². The summed E-state index contributed by atoms with van der Waals surface area (Å²) in [6.45, 7) is 5.06. The molecule has 0 amide bonds. The topological polar surface area (TPSA) is 37.1 Å². The van der Waals surface area contributed by atoms with E-state index in [1.807, 2.05) is 13.2 Å². The van der Waals surface area contributed by atoms with Crippen molar-refractivity contribution in [3.8, 4) is 0 Å². The van der Waals surface area contributed by atoms with Gasteiger partial charge < -0.3 is 0 Å². The summed E-state index contributed by atoms with van der Waals surface area (Å²) in [4.78, 5) is 4.03. The van der Waals surface area contributed by atoms with E-state index in [9.17, 15) is 0 Å². The molecular formula is C6H11N3S. The van der Waals surface area contributed by atoms with Gasteiger partial charge in [0.1, 0.15) is 0 Å². The highest BCUT2D eigenvalue weighted by Gasteiger charge is 1.79. The molecule has 0 rings (SSSR count). The van der Waals surface area contributed by atoms with Gasteiger partial charge in [-0.15, -0.1) is 11.8 Å². The molecule has 0 aliphatic carbocycles. The van der Waals surface area contributed by atoms with Crippen LogP contribution in [0.4, 0.5) is 0 Å². The molecule has 0 aromatic rings. The van der Waals surface area contributed by atoms with Crippen LogP contribution in [0.15, 0.2) is 15.2 Å². The quantitative estimate of drug-likeness (QED) is 0.449. The van der Waals surface area contributed by atoms with Crippen LogP contribution < -0.4 is 0 Å². The summed E-state index contributed by atoms with van der Waals surface area (Å²) in [6, 6.07) is 0. The highest BCUT2D eigenvalue weighted by atomic mass is 32.2. The minimum absolute atomic E-state index is 0.768. The van der Waals surface area contributed by atoms with Crippen molar-refractivity contribution in [2.45, 2.75) is 6.92 Å². The van der Waals surface area contributed by atoms with Gasteiger partial charge in [-0.05, 0) is 13.2 Å². The van der Waals surface area contributed by atoms with Crippen LogP contribution >= 0.6 is 11.8 Å². The molecule has 0 aliphatic rings. The smallest absolute Gasteiger partial charge is 0.0841 e. The van der Waals surface area contributed by atoms with Gasteiger partial charge in [-0.25, -0.2) is 0 Å². The highest BCUT2D eigenvalue weighted by Crippen LogP contribution is 1.89. The van der Waals surface area contributed by atoms with E-state index in [4.69, 9.17) is 0 Å². The summed E-state index contributed by atoms with van der Waals surface area (Å²) in [5.41, 5.74) is 0.782. The number of aliphatic imine (C=N–C) groups is 1. The Morgan fingerprint density at radius 3 is 2.90 bits per heavy atom. The van der Waals surface area contributed by atoms with E-state index in [0.717, 1.165) is 11.6 Å². The van der Waals surface area contributed by atoms with Gasteiger partial charge in [-0.1, -0.05) is 0 Å². The molecule has 3 nitrogen and oxygen atoms in total. The van der Waals surface area contributed by atoms with E-state index in [0.29, 0.717) is 0 Å². The Morgan fingerprint density at radius 1 is 1.70 bits per heavy atom. The van der Waals surface area contributed by atoms with Crippen LogP contribution in [0.25, 0.3) is 0 Å². The minimum atomic E-state index is 0.768. The lowest BCUT2D eigenvalue weighted by molar-refractivity contribution is 1.26. The van der Waals surface area contributed by atoms with Crippen molar-refractivity contribution in [1.82, 2.24) is 0 Å². The summed E-state index contributed by atoms with van der Waals surface area (Å²) in [5.74, 6) is 0.768. The standard InChI is InChI=1S/C6H11N3S/c1-6(9-7-2)4-8-5-10-3/h4H,2,5H2,1,3H3/b8-4-,9-6-. The lowest BCUT2D eigenvalue weighted by Crippen LogP contribution is -1.91. The average molecular weight is 157 g/mol. The van der Waals surface area contributed by atoms with Crippen molar-refractivity contribution in [3.05, 3.63) is 0 Å². The Balaban J connectivity index is 3.65. The van der Waals surface area contributed by atoms with Gasteiger partial charge in [0, 0.05) is 12.9 Å². The molecule has 0 unspecified atom stereocenters. The molecule has 0 atom stereocenters. The molecule has 0 N–H and O–H groups in total. The largest absolute Gasteiger partial charge is 0.280 e. The molecule has 4 heteroatoms. The summed E-state index contributed by atoms with van der Waals surface area (Å²) in [6.07, 6.45) is 3.68. The lowest BCUT2D eigenvalue weighted by Gasteiger charge is -1.85. The number of hydrogen-bond donors (Lipinski definition) is 0. The molecular weight excluding hydrogens is 146 g/mol. The fraction of sp³-hybridized carbons (Fsp3) is 0.500. The Labute approximate surface area is 65.3 Å². The van der Waals surface area contributed by atoms with Gasteiger partial charge in [-0.3, -0.25) is 4.99 Å². The Hall–Kier alpha value is -0.640. The van der Waals surface area contributed by atoms with E-state index in [1.165, 1.54) is 0 Å². The first-order valence-electron chi connectivity index (χ1n) is 2.80. The first-order chi connectivity index (χ1) is 4.81. The van der Waals surface area contributed by atoms with Gasteiger partial charge in [-0.2, -0.15) is 10.2 Å². The molecule has 0 saturated heterocycles. The number of thioether (sulfide) groups is 1. The zero-order valence-corrected chi connectivity index (χ0v) is 7.06. The summed E-state index contributed by atoms with van der Waals surface area (Å²) in [5, 5.41) is 7.02. The van der Waals surface area contributed by atoms with Gasteiger partial charge in [0.05, 0.1) is 11.6 Å². The van der Waals surface area contributed by atoms with Crippen LogP contribution in [0, 0.1) is 0 Å². The van der Waals surface area contributed by atoms with Gasteiger partial charge >= 0.3 is 0 Å². The van der Waals surface area contributed by atoms with Crippen molar-refractivity contribution < 1.29 is 0 Å². The maximum absolute atomic E-state index is 4.03. The Kier molecular flexibility index (Phi) is 6.06. The van der Waals surface area contributed by atoms with Crippen LogP contribution in [-0.4, -0.2) is 30.8 Å². The van der Waals surface area contributed by atoms with E-state index in [2.05, 4.69) is 21.9 Å². The van der Waals surface area contributed by atoms with Gasteiger partial charge in [0.2, 0.25) is 0 Å². The van der Waals surface area contributed by atoms with Gasteiger partial charge in [0.25, 0.3) is 0 Å². The van der Waals surface area contributed by atoms with Crippen molar-refractivity contribution in [1.29, 1.82) is 0 Å². The van der Waals surface area contributed by atoms with Crippen LogP contribution in [0.3, 0.4) is 0 Å². The summed E-state index contributed by atoms with van der Waals surface area (Å²) < 4.78 is 0. The zero-order chi connectivity index (χ0) is 7.82. The van der Waals surface area contributed by atoms with Crippen molar-refractivity contribution in [3.63, 3.8) is 0 Å². The fourth-order valence-corrected chi connectivity index (χ4v) is 0.605. The lowest BCUT2D eigenvalue weighted by atomic mass is 10.5. The average Bonchev–Trinajstić information content (AvgIpc) is 1.89. The molecule has 0 aromatic heterocycles. The predicted molar refractivity (Wildman–Crippen MR) is 49.5 cm³/mol. The number of hydrogen-bond acceptors (Lipinski definition) is 4. The van der Waals surface area contributed by atoms with Crippen LogP contribution in [0.2, 0.25) is 0 Å². The monoisotopic (exact) mass is 157 g/mol. The third-order valence-electron chi connectivity index (χ3n) is 0.710. The summed E-state index contributed by atoms with van der Waals surface area (Å²) >= 11 is 1.66. The number of rotatable bonds is 4. The summed E-state index contributed by atoms with van der Waals surface area (Å²) in [7, 11) is 0. The van der Waals surface area contributed by atoms with E-state index in [1.54, 1.807) is 18.0 Å². The molecule has 0 radical (unpaired) electrons. The first-order valence-corrected chi connectivity index (χ1v) is 4.19. The maximum Gasteiger partial charge on any atom is 0.0841 e. The third kappa shape index (κ3) is 5.50. The molecule has 0 spiro atoms. The second-order valence-electron chi connectivity index (χ2n) is 1.61. The van der Waals surface area contributed by atoms with Crippen molar-refractivity contribution >= 4 is 30.4 Å². The molecule has 0 aromatic carbocycles. The van der Waals surface area contributed by atoms with E-state index >= 15 is 0 Å². The second kappa shape index (κ2) is 6.48. The Bertz CT molecular complexity index is 151. The van der Waals surface area contributed by atoms with Crippen LogP contribution in [0.5, 0.6) is 0 Å². The molecule has 56 valence electrons. The second-order valence-corrected chi connectivity index (χ2v) is 2.45. The molecule has 0 fully saturated rings. The first kappa shape index (κ1) is 9.36. The number of nitrogens with zero attached hydrogens (tertiary/aromatic N) is 3. The molecule has 0 saturated carbocycles. The maximum atomic E-state index is 4.03. The zero-order valence-electron chi connectivity index (χ0n) is 6.24. The SMILES string of the molecule is C=N/N=C(C)\C=N/CSC. The van der Waals surface area contributed by atoms with Gasteiger partial charge in [0.15, 0.2) is 0 Å². The van der Waals surface area contributed by atoms with Crippen molar-refractivity contribution in [2.75, 3.05) is 12.1 Å². The molecule has 0 bridgehead atoms. The van der Waals surface area contributed by atoms with E-state index < -0.39 is 0 Å².